The summed E-state index contributed by atoms with van der Waals surface area (Å²) in [7, 11) is 0. The Morgan fingerprint density at radius 3 is 2.54 bits per heavy atom. The van der Waals surface area contributed by atoms with E-state index in [1.54, 1.807) is 20.8 Å². The second kappa shape index (κ2) is 8.24. The minimum atomic E-state index is -1.57. The van der Waals surface area contributed by atoms with E-state index in [4.69, 9.17) is 14.6 Å². The first kappa shape index (κ1) is 21.1. The number of carbonyl (C=O) groups is 2. The Hall–Kier alpha value is -3.17. The Kier molecular flexibility index (Phi) is 6.22. The van der Waals surface area contributed by atoms with Gasteiger partial charge >= 0.3 is 17.7 Å². The lowest BCUT2D eigenvalue weighted by Crippen LogP contribution is -2.33. The average molecular weight is 399 g/mol. The van der Waals surface area contributed by atoms with Gasteiger partial charge in [-0.05, 0) is 39.3 Å². The first-order valence-corrected chi connectivity index (χ1v) is 8.28. The van der Waals surface area contributed by atoms with Crippen LogP contribution < -0.4 is 15.7 Å². The Morgan fingerprint density at radius 2 is 1.93 bits per heavy atom. The quantitative estimate of drug-likeness (QED) is 0.567. The molecule has 2 N–H and O–H groups in total. The fraction of sp³-hybridized carbons (Fsp3) is 0.389. The van der Waals surface area contributed by atoms with Crippen molar-refractivity contribution in [3.8, 4) is 5.75 Å². The maximum Gasteiger partial charge on any atom is 0.407 e. The molecule has 1 aromatic heterocycles. The van der Waals surface area contributed by atoms with Gasteiger partial charge in [0.2, 0.25) is 5.82 Å². The number of amides is 1. The molecule has 152 valence electrons. The van der Waals surface area contributed by atoms with Crippen LogP contribution in [0.5, 0.6) is 5.75 Å². The molecule has 0 fully saturated rings. The molecule has 1 aromatic carbocycles. The summed E-state index contributed by atoms with van der Waals surface area (Å²) in [5.74, 6) is -4.69. The second-order valence-electron chi connectivity index (χ2n) is 6.80. The van der Waals surface area contributed by atoms with Gasteiger partial charge in [0.05, 0.1) is 6.61 Å². The molecule has 2 rings (SSSR count). The molecule has 0 unspecified atom stereocenters. The van der Waals surface area contributed by atoms with Crippen molar-refractivity contribution in [3.05, 3.63) is 39.8 Å². The third-order valence-corrected chi connectivity index (χ3v) is 3.34. The highest BCUT2D eigenvalue weighted by Gasteiger charge is 2.21. The number of ether oxygens (including phenoxy) is 2. The predicted octanol–water partition coefficient (Wildman–Crippen LogP) is 3.06. The van der Waals surface area contributed by atoms with Crippen molar-refractivity contribution in [2.45, 2.75) is 32.8 Å². The molecule has 1 amide bonds. The van der Waals surface area contributed by atoms with Crippen molar-refractivity contribution in [2.24, 2.45) is 0 Å². The Bertz CT molecular complexity index is 963. The van der Waals surface area contributed by atoms with Gasteiger partial charge in [-0.1, -0.05) is 0 Å². The lowest BCUT2D eigenvalue weighted by Gasteiger charge is -2.19. The van der Waals surface area contributed by atoms with Crippen LogP contribution in [0.25, 0.3) is 11.0 Å². The summed E-state index contributed by atoms with van der Waals surface area (Å²) in [4.78, 5) is 34.0. The number of carboxylic acids is 1. The van der Waals surface area contributed by atoms with Gasteiger partial charge in [-0.25, -0.2) is 18.8 Å². The lowest BCUT2D eigenvalue weighted by atomic mass is 10.1. The maximum atomic E-state index is 14.4. The summed E-state index contributed by atoms with van der Waals surface area (Å²) >= 11 is 0. The van der Waals surface area contributed by atoms with Crippen molar-refractivity contribution in [1.82, 2.24) is 5.32 Å². The first-order valence-electron chi connectivity index (χ1n) is 8.28. The number of hydrogen-bond acceptors (Lipinski definition) is 6. The molecule has 10 heteroatoms. The second-order valence-corrected chi connectivity index (χ2v) is 6.80. The van der Waals surface area contributed by atoms with E-state index in [1.165, 1.54) is 0 Å². The fourth-order valence-corrected chi connectivity index (χ4v) is 2.21. The molecular weight excluding hydrogens is 380 g/mol. The molecule has 0 radical (unpaired) electrons. The van der Waals surface area contributed by atoms with Gasteiger partial charge in [0.15, 0.2) is 17.1 Å². The van der Waals surface area contributed by atoms with Crippen molar-refractivity contribution in [3.63, 3.8) is 0 Å². The molecule has 0 atom stereocenters. The lowest BCUT2D eigenvalue weighted by molar-refractivity contribution is 0.0524. The van der Waals surface area contributed by atoms with Gasteiger partial charge in [0.1, 0.15) is 11.2 Å². The minimum absolute atomic E-state index is 0.142. The zero-order valence-corrected chi connectivity index (χ0v) is 15.4. The van der Waals surface area contributed by atoms with Crippen molar-refractivity contribution in [1.29, 1.82) is 0 Å². The summed E-state index contributed by atoms with van der Waals surface area (Å²) in [6, 6.07) is 1.63. The van der Waals surface area contributed by atoms with Gasteiger partial charge in [0.25, 0.3) is 0 Å². The fourth-order valence-electron chi connectivity index (χ4n) is 2.21. The van der Waals surface area contributed by atoms with E-state index >= 15 is 0 Å². The van der Waals surface area contributed by atoms with Crippen LogP contribution in [-0.2, 0) is 4.74 Å². The molecule has 8 nitrogen and oxygen atoms in total. The van der Waals surface area contributed by atoms with Gasteiger partial charge in [0, 0.05) is 11.9 Å². The monoisotopic (exact) mass is 399 g/mol. The Morgan fingerprint density at radius 1 is 1.25 bits per heavy atom. The molecule has 28 heavy (non-hydrogen) atoms. The Balaban J connectivity index is 2.05. The molecule has 1 heterocycles. The van der Waals surface area contributed by atoms with E-state index in [1.807, 2.05) is 0 Å². The third kappa shape index (κ3) is 5.18. The van der Waals surface area contributed by atoms with Crippen LogP contribution in [0.1, 0.15) is 37.6 Å². The highest BCUT2D eigenvalue weighted by molar-refractivity contribution is 5.92. The largest absolute Gasteiger partial charge is 0.487 e. The molecule has 0 saturated heterocycles. The average Bonchev–Trinajstić information content (AvgIpc) is 2.55. The van der Waals surface area contributed by atoms with Crippen LogP contribution in [0.2, 0.25) is 0 Å². The first-order chi connectivity index (χ1) is 13.0. The molecule has 0 bridgehead atoms. The highest BCUT2D eigenvalue weighted by Crippen LogP contribution is 2.29. The van der Waals surface area contributed by atoms with Crippen LogP contribution in [0, 0.1) is 11.6 Å². The number of carbonyl (C=O) groups excluding carboxylic acids is 1. The maximum absolute atomic E-state index is 14.4. The van der Waals surface area contributed by atoms with Crippen molar-refractivity contribution >= 4 is 23.0 Å². The SMILES string of the molecule is CC(C)(C)OC(=O)NCCCOc1c(F)cc2cc(C(=O)O)c(=O)oc2c1F. The molecule has 0 spiro atoms. The standard InChI is InChI=1S/C18H19F2NO7/c1-18(2,3)28-17(25)21-5-4-6-26-14-11(19)8-9-7-10(15(22)23)16(24)27-13(9)12(14)20/h7-8H,4-6H2,1-3H3,(H,21,25)(H,22,23). The van der Waals surface area contributed by atoms with Crippen molar-refractivity contribution in [2.75, 3.05) is 13.2 Å². The molecule has 0 aliphatic heterocycles. The summed E-state index contributed by atoms with van der Waals surface area (Å²) in [5.41, 5.74) is -3.27. The number of benzene rings is 1. The van der Waals surface area contributed by atoms with Gasteiger partial charge in [-0.15, -0.1) is 0 Å². The highest BCUT2D eigenvalue weighted by atomic mass is 19.1. The summed E-state index contributed by atoms with van der Waals surface area (Å²) < 4.78 is 43.3. The minimum Gasteiger partial charge on any atom is -0.487 e. The molecular formula is C18H19F2NO7. The number of alkyl carbamates (subject to hydrolysis) is 1. The van der Waals surface area contributed by atoms with Gasteiger partial charge in [-0.3, -0.25) is 0 Å². The van der Waals surface area contributed by atoms with E-state index in [9.17, 15) is 23.2 Å². The smallest absolute Gasteiger partial charge is 0.407 e. The Labute approximate surface area is 158 Å². The normalized spacial score (nSPS) is 11.3. The van der Waals surface area contributed by atoms with Gasteiger partial charge in [-0.2, -0.15) is 4.39 Å². The zero-order valence-electron chi connectivity index (χ0n) is 15.4. The summed E-state index contributed by atoms with van der Waals surface area (Å²) in [5, 5.41) is 11.1. The molecule has 0 saturated carbocycles. The molecule has 0 aliphatic rings. The number of nitrogens with one attached hydrogen (secondary N) is 1. The number of hydrogen-bond donors (Lipinski definition) is 2. The number of rotatable bonds is 6. The van der Waals surface area contributed by atoms with E-state index in [-0.39, 0.29) is 25.0 Å². The zero-order chi connectivity index (χ0) is 21.1. The number of aromatic carboxylic acids is 1. The molecule has 0 aliphatic carbocycles. The third-order valence-electron chi connectivity index (χ3n) is 3.34. The van der Waals surface area contributed by atoms with Gasteiger partial charge < -0.3 is 24.3 Å². The van der Waals surface area contributed by atoms with E-state index in [0.717, 1.165) is 12.1 Å². The number of fused-ring (bicyclic) bond motifs is 1. The summed E-state index contributed by atoms with van der Waals surface area (Å²) in [6.45, 7) is 5.12. The molecule has 2 aromatic rings. The van der Waals surface area contributed by atoms with E-state index in [2.05, 4.69) is 9.73 Å². The number of halogens is 2. The predicted molar refractivity (Wildman–Crippen MR) is 93.7 cm³/mol. The topological polar surface area (TPSA) is 115 Å². The van der Waals surface area contributed by atoms with E-state index in [0.29, 0.717) is 0 Å². The number of carboxylic acid groups (broad SMARTS) is 1. The van der Waals surface area contributed by atoms with Crippen LogP contribution >= 0.6 is 0 Å². The van der Waals surface area contributed by atoms with Crippen LogP contribution in [-0.4, -0.2) is 35.9 Å². The van der Waals surface area contributed by atoms with Crippen LogP contribution in [0.15, 0.2) is 21.3 Å². The van der Waals surface area contributed by atoms with Crippen molar-refractivity contribution < 1.29 is 37.4 Å². The van der Waals surface area contributed by atoms with Crippen LogP contribution in [0.4, 0.5) is 13.6 Å². The van der Waals surface area contributed by atoms with E-state index < -0.39 is 51.8 Å². The summed E-state index contributed by atoms with van der Waals surface area (Å²) in [6.07, 6.45) is -0.413. The van der Waals surface area contributed by atoms with Crippen LogP contribution in [0.3, 0.4) is 0 Å².